The van der Waals surface area contributed by atoms with Crippen molar-refractivity contribution in [2.45, 2.75) is 20.3 Å². The Labute approximate surface area is 154 Å². The van der Waals surface area contributed by atoms with Gasteiger partial charge in [-0.2, -0.15) is 0 Å². The molecule has 0 spiro atoms. The highest BCUT2D eigenvalue weighted by Crippen LogP contribution is 2.23. The molecular formula is C23H22O3. The summed E-state index contributed by atoms with van der Waals surface area (Å²) in [6.45, 7) is 4.00. The van der Waals surface area contributed by atoms with Gasteiger partial charge in [0.15, 0.2) is 6.61 Å². The molecule has 0 atom stereocenters. The van der Waals surface area contributed by atoms with E-state index < -0.39 is 5.97 Å². The van der Waals surface area contributed by atoms with Gasteiger partial charge in [-0.1, -0.05) is 67.1 Å². The summed E-state index contributed by atoms with van der Waals surface area (Å²) in [5, 5.41) is 0. The molecule has 0 saturated carbocycles. The number of hydrogen-bond donors (Lipinski definition) is 0. The molecule has 0 aromatic heterocycles. The molecule has 3 nitrogen and oxygen atoms in total. The average Bonchev–Trinajstić information content (AvgIpc) is 2.68. The Balaban J connectivity index is 1.58. The summed E-state index contributed by atoms with van der Waals surface area (Å²) in [6.07, 6.45) is 0.853. The van der Waals surface area contributed by atoms with E-state index in [-0.39, 0.29) is 6.61 Å². The Morgan fingerprint density at radius 1 is 0.846 bits per heavy atom. The lowest BCUT2D eigenvalue weighted by molar-refractivity contribution is -0.136. The summed E-state index contributed by atoms with van der Waals surface area (Å²) in [4.78, 5) is 12.0. The molecule has 3 aromatic rings. The minimum Gasteiger partial charge on any atom is -0.482 e. The van der Waals surface area contributed by atoms with E-state index in [0.29, 0.717) is 5.75 Å². The van der Waals surface area contributed by atoms with Gasteiger partial charge in [-0.15, -0.1) is 0 Å². The van der Waals surface area contributed by atoms with Crippen molar-refractivity contribution in [1.29, 1.82) is 0 Å². The van der Waals surface area contributed by atoms with Gasteiger partial charge in [-0.3, -0.25) is 0 Å². The van der Waals surface area contributed by atoms with Gasteiger partial charge in [-0.05, 0) is 48.2 Å². The monoisotopic (exact) mass is 346 g/mol. The van der Waals surface area contributed by atoms with Crippen molar-refractivity contribution >= 4 is 5.97 Å². The van der Waals surface area contributed by atoms with Crippen LogP contribution in [-0.2, 0) is 11.2 Å². The van der Waals surface area contributed by atoms with E-state index in [1.165, 1.54) is 5.56 Å². The van der Waals surface area contributed by atoms with Crippen LogP contribution in [0.2, 0.25) is 0 Å². The van der Waals surface area contributed by atoms with Crippen molar-refractivity contribution in [3.63, 3.8) is 0 Å². The van der Waals surface area contributed by atoms with Crippen LogP contribution in [0.1, 0.15) is 18.1 Å². The molecule has 0 bridgehead atoms. The fraction of sp³-hybridized carbons (Fsp3) is 0.174. The zero-order chi connectivity index (χ0) is 18.4. The first kappa shape index (κ1) is 17.7. The van der Waals surface area contributed by atoms with E-state index in [1.807, 2.05) is 36.4 Å². The van der Waals surface area contributed by atoms with E-state index in [4.69, 9.17) is 9.47 Å². The summed E-state index contributed by atoms with van der Waals surface area (Å²) >= 11 is 0. The van der Waals surface area contributed by atoms with Gasteiger partial charge in [0.25, 0.3) is 0 Å². The quantitative estimate of drug-likeness (QED) is 0.454. The minimum atomic E-state index is -0.418. The van der Waals surface area contributed by atoms with Gasteiger partial charge in [0.1, 0.15) is 11.5 Å². The standard InChI is InChI=1S/C23H22O3/c1-3-18-6-4-5-7-22(18)25-16-23(24)26-21-14-12-20(13-15-21)19-10-8-17(2)9-11-19/h4-15H,3,16H2,1-2H3. The number of ether oxygens (including phenoxy) is 2. The highest BCUT2D eigenvalue weighted by Gasteiger charge is 2.08. The molecule has 3 aromatic carbocycles. The lowest BCUT2D eigenvalue weighted by atomic mass is 10.0. The zero-order valence-electron chi connectivity index (χ0n) is 15.1. The van der Waals surface area contributed by atoms with Crippen LogP contribution in [0.15, 0.2) is 72.8 Å². The normalized spacial score (nSPS) is 10.4. The van der Waals surface area contributed by atoms with Crippen molar-refractivity contribution in [1.82, 2.24) is 0 Å². The van der Waals surface area contributed by atoms with Crippen LogP contribution in [0.5, 0.6) is 11.5 Å². The molecule has 0 radical (unpaired) electrons. The number of para-hydroxylation sites is 1. The van der Waals surface area contributed by atoms with Crippen LogP contribution < -0.4 is 9.47 Å². The Kier molecular flexibility index (Phi) is 5.69. The fourth-order valence-corrected chi connectivity index (χ4v) is 2.70. The van der Waals surface area contributed by atoms with Crippen LogP contribution in [-0.4, -0.2) is 12.6 Å². The molecule has 3 heteroatoms. The second kappa shape index (κ2) is 8.34. The number of esters is 1. The van der Waals surface area contributed by atoms with Crippen LogP contribution in [0.3, 0.4) is 0 Å². The SMILES string of the molecule is CCc1ccccc1OCC(=O)Oc1ccc(-c2ccc(C)cc2)cc1. The van der Waals surface area contributed by atoms with Gasteiger partial charge in [0.05, 0.1) is 0 Å². The Hall–Kier alpha value is -3.07. The van der Waals surface area contributed by atoms with E-state index in [0.717, 1.165) is 28.9 Å². The van der Waals surface area contributed by atoms with E-state index in [9.17, 15) is 4.79 Å². The minimum absolute atomic E-state index is 0.114. The first-order valence-corrected chi connectivity index (χ1v) is 8.74. The average molecular weight is 346 g/mol. The van der Waals surface area contributed by atoms with Crippen LogP contribution >= 0.6 is 0 Å². The van der Waals surface area contributed by atoms with Gasteiger partial charge in [0.2, 0.25) is 0 Å². The Morgan fingerprint density at radius 3 is 2.12 bits per heavy atom. The highest BCUT2D eigenvalue weighted by atomic mass is 16.6. The van der Waals surface area contributed by atoms with Crippen molar-refractivity contribution in [3.05, 3.63) is 83.9 Å². The highest BCUT2D eigenvalue weighted by molar-refractivity contribution is 5.74. The third kappa shape index (κ3) is 4.51. The molecule has 0 fully saturated rings. The van der Waals surface area contributed by atoms with Crippen LogP contribution in [0.4, 0.5) is 0 Å². The summed E-state index contributed by atoms with van der Waals surface area (Å²) in [5.41, 5.74) is 4.51. The number of carbonyl (C=O) groups is 1. The first-order valence-electron chi connectivity index (χ1n) is 8.74. The molecule has 0 N–H and O–H groups in total. The van der Waals surface area contributed by atoms with E-state index in [1.54, 1.807) is 12.1 Å². The van der Waals surface area contributed by atoms with Crippen molar-refractivity contribution < 1.29 is 14.3 Å². The van der Waals surface area contributed by atoms with Crippen molar-refractivity contribution in [2.75, 3.05) is 6.61 Å². The van der Waals surface area contributed by atoms with Gasteiger partial charge < -0.3 is 9.47 Å². The summed E-state index contributed by atoms with van der Waals surface area (Å²) in [5.74, 6) is 0.818. The number of rotatable bonds is 6. The molecule has 0 amide bonds. The van der Waals surface area contributed by atoms with E-state index in [2.05, 4.69) is 38.1 Å². The first-order chi connectivity index (χ1) is 12.7. The fourth-order valence-electron chi connectivity index (χ4n) is 2.70. The molecule has 0 saturated heterocycles. The van der Waals surface area contributed by atoms with Gasteiger partial charge >= 0.3 is 5.97 Å². The topological polar surface area (TPSA) is 35.5 Å². The molecule has 0 heterocycles. The second-order valence-electron chi connectivity index (χ2n) is 6.11. The molecular weight excluding hydrogens is 324 g/mol. The lowest BCUT2D eigenvalue weighted by Gasteiger charge is -2.10. The maximum absolute atomic E-state index is 12.0. The number of carbonyl (C=O) groups excluding carboxylic acids is 1. The van der Waals surface area contributed by atoms with E-state index >= 15 is 0 Å². The van der Waals surface area contributed by atoms with Crippen LogP contribution in [0, 0.1) is 6.92 Å². The summed E-state index contributed by atoms with van der Waals surface area (Å²) in [7, 11) is 0. The second-order valence-corrected chi connectivity index (χ2v) is 6.11. The predicted molar refractivity (Wildman–Crippen MR) is 104 cm³/mol. The van der Waals surface area contributed by atoms with Gasteiger partial charge in [0, 0.05) is 0 Å². The predicted octanol–water partition coefficient (Wildman–Crippen LogP) is 5.21. The summed E-state index contributed by atoms with van der Waals surface area (Å²) < 4.78 is 10.9. The molecule has 132 valence electrons. The third-order valence-electron chi connectivity index (χ3n) is 4.17. The lowest BCUT2D eigenvalue weighted by Crippen LogP contribution is -2.18. The largest absolute Gasteiger partial charge is 0.482 e. The van der Waals surface area contributed by atoms with Crippen molar-refractivity contribution in [2.24, 2.45) is 0 Å². The molecule has 26 heavy (non-hydrogen) atoms. The molecule has 0 aliphatic carbocycles. The van der Waals surface area contributed by atoms with Crippen molar-refractivity contribution in [3.8, 4) is 22.6 Å². The molecule has 0 aliphatic rings. The Morgan fingerprint density at radius 2 is 1.46 bits per heavy atom. The molecule has 0 unspecified atom stereocenters. The van der Waals surface area contributed by atoms with Crippen LogP contribution in [0.25, 0.3) is 11.1 Å². The maximum atomic E-state index is 12.0. The summed E-state index contributed by atoms with van der Waals surface area (Å²) in [6, 6.07) is 23.5. The smallest absolute Gasteiger partial charge is 0.349 e. The molecule has 0 aliphatic heterocycles. The Bertz CT molecular complexity index is 865. The number of benzene rings is 3. The number of hydrogen-bond acceptors (Lipinski definition) is 3. The third-order valence-corrected chi connectivity index (χ3v) is 4.17. The molecule has 3 rings (SSSR count). The number of aryl methyl sites for hydroxylation is 2. The maximum Gasteiger partial charge on any atom is 0.349 e. The van der Waals surface area contributed by atoms with Gasteiger partial charge in [-0.25, -0.2) is 4.79 Å². The zero-order valence-corrected chi connectivity index (χ0v) is 15.1.